The summed E-state index contributed by atoms with van der Waals surface area (Å²) >= 11 is 1.56. The van der Waals surface area contributed by atoms with E-state index in [0.29, 0.717) is 23.6 Å². The third-order valence-corrected chi connectivity index (χ3v) is 5.52. The van der Waals surface area contributed by atoms with Gasteiger partial charge in [0.1, 0.15) is 10.8 Å². The Morgan fingerprint density at radius 2 is 2.11 bits per heavy atom. The molecule has 0 atom stereocenters. The molecule has 2 amide bonds. The Morgan fingerprint density at radius 3 is 2.89 bits per heavy atom. The number of thiazole rings is 1. The summed E-state index contributed by atoms with van der Waals surface area (Å²) in [6.45, 7) is 0.601. The Labute approximate surface area is 166 Å². The maximum Gasteiger partial charge on any atom is 0.255 e. The molecule has 0 aliphatic carbocycles. The molecule has 28 heavy (non-hydrogen) atoms. The number of hydrogen-bond acceptors (Lipinski definition) is 6. The van der Waals surface area contributed by atoms with E-state index in [1.54, 1.807) is 36.4 Å². The van der Waals surface area contributed by atoms with E-state index in [2.05, 4.69) is 15.3 Å². The van der Waals surface area contributed by atoms with Crippen molar-refractivity contribution in [1.29, 1.82) is 0 Å². The van der Waals surface area contributed by atoms with Gasteiger partial charge in [0.05, 0.1) is 30.0 Å². The molecule has 142 valence electrons. The Balaban J connectivity index is 1.50. The average Bonchev–Trinajstić information content (AvgIpc) is 3.19. The van der Waals surface area contributed by atoms with Crippen molar-refractivity contribution in [3.05, 3.63) is 59.2 Å². The van der Waals surface area contributed by atoms with Crippen molar-refractivity contribution in [2.75, 3.05) is 30.9 Å². The van der Waals surface area contributed by atoms with Crippen LogP contribution in [0.3, 0.4) is 0 Å². The van der Waals surface area contributed by atoms with Crippen molar-refractivity contribution < 1.29 is 9.59 Å². The van der Waals surface area contributed by atoms with Crippen molar-refractivity contribution in [3.8, 4) is 10.6 Å². The van der Waals surface area contributed by atoms with E-state index in [0.717, 1.165) is 16.3 Å². The van der Waals surface area contributed by atoms with Crippen LogP contribution >= 0.6 is 11.3 Å². The maximum absolute atomic E-state index is 12.8. The molecule has 7 nitrogen and oxygen atoms in total. The minimum Gasteiger partial charge on any atom is -0.359 e. The first-order chi connectivity index (χ1) is 13.5. The number of hydrogen-bond donors (Lipinski definition) is 1. The number of rotatable bonds is 4. The minimum absolute atomic E-state index is 0.0665. The van der Waals surface area contributed by atoms with Crippen LogP contribution in [-0.2, 0) is 11.3 Å². The fraction of sp³-hybridized carbons (Fsp3) is 0.200. The predicted octanol–water partition coefficient (Wildman–Crippen LogP) is 2.87. The van der Waals surface area contributed by atoms with Gasteiger partial charge in [0, 0.05) is 31.2 Å². The van der Waals surface area contributed by atoms with Crippen LogP contribution in [-0.4, -0.2) is 47.3 Å². The average molecular weight is 393 g/mol. The smallest absolute Gasteiger partial charge is 0.255 e. The molecule has 1 aromatic carbocycles. The van der Waals surface area contributed by atoms with Crippen molar-refractivity contribution in [2.45, 2.75) is 6.54 Å². The highest BCUT2D eigenvalue weighted by molar-refractivity contribution is 7.13. The summed E-state index contributed by atoms with van der Waals surface area (Å²) in [5.41, 5.74) is 2.94. The molecule has 1 aliphatic rings. The molecule has 1 aliphatic heterocycles. The number of amides is 2. The van der Waals surface area contributed by atoms with Gasteiger partial charge in [0.2, 0.25) is 5.91 Å². The number of carbonyl (C=O) groups is 2. The van der Waals surface area contributed by atoms with E-state index in [4.69, 9.17) is 0 Å². The lowest BCUT2D eigenvalue weighted by atomic mass is 10.2. The molecule has 0 saturated carbocycles. The van der Waals surface area contributed by atoms with Gasteiger partial charge in [-0.05, 0) is 6.07 Å². The second kappa shape index (κ2) is 7.40. The minimum atomic E-state index is -0.170. The fourth-order valence-corrected chi connectivity index (χ4v) is 3.82. The molecule has 1 N–H and O–H groups in total. The van der Waals surface area contributed by atoms with Crippen molar-refractivity contribution in [2.24, 2.45) is 0 Å². The number of pyridine rings is 1. The molecule has 4 rings (SSSR count). The first-order valence-electron chi connectivity index (χ1n) is 8.78. The summed E-state index contributed by atoms with van der Waals surface area (Å²) in [6.07, 6.45) is 1.53. The van der Waals surface area contributed by atoms with Gasteiger partial charge in [-0.15, -0.1) is 11.3 Å². The summed E-state index contributed by atoms with van der Waals surface area (Å²) < 4.78 is 0. The molecule has 3 heterocycles. The number of fused-ring (bicyclic) bond motifs is 1. The Bertz CT molecular complexity index is 1030. The van der Waals surface area contributed by atoms with Crippen molar-refractivity contribution >= 4 is 34.7 Å². The topological polar surface area (TPSA) is 78.4 Å². The summed E-state index contributed by atoms with van der Waals surface area (Å²) in [5, 5.41) is 5.86. The van der Waals surface area contributed by atoms with Gasteiger partial charge < -0.3 is 15.1 Å². The largest absolute Gasteiger partial charge is 0.359 e. The monoisotopic (exact) mass is 393 g/mol. The first kappa shape index (κ1) is 18.1. The van der Waals surface area contributed by atoms with Crippen LogP contribution in [0.15, 0.2) is 48.0 Å². The second-order valence-electron chi connectivity index (χ2n) is 6.57. The molecule has 0 unspecified atom stereocenters. The first-order valence-corrected chi connectivity index (χ1v) is 9.66. The second-order valence-corrected chi connectivity index (χ2v) is 7.43. The van der Waals surface area contributed by atoms with Gasteiger partial charge in [-0.25, -0.2) is 9.97 Å². The lowest BCUT2D eigenvalue weighted by molar-refractivity contribution is -0.116. The highest BCUT2D eigenvalue weighted by Gasteiger charge is 2.24. The quantitative estimate of drug-likeness (QED) is 0.737. The van der Waals surface area contributed by atoms with Crippen LogP contribution < -0.4 is 10.2 Å². The third-order valence-electron chi connectivity index (χ3n) is 4.58. The molecular formula is C20H19N5O2S. The predicted molar refractivity (Wildman–Crippen MR) is 109 cm³/mol. The summed E-state index contributed by atoms with van der Waals surface area (Å²) in [7, 11) is 3.42. The summed E-state index contributed by atoms with van der Waals surface area (Å²) in [4.78, 5) is 36.7. The van der Waals surface area contributed by atoms with Crippen LogP contribution in [0.4, 0.5) is 11.5 Å². The number of nitrogens with one attached hydrogen (secondary N) is 1. The zero-order chi connectivity index (χ0) is 19.7. The van der Waals surface area contributed by atoms with E-state index in [9.17, 15) is 9.59 Å². The van der Waals surface area contributed by atoms with Crippen molar-refractivity contribution in [3.63, 3.8) is 0 Å². The van der Waals surface area contributed by atoms with E-state index in [1.807, 2.05) is 35.7 Å². The molecule has 8 heteroatoms. The lowest BCUT2D eigenvalue weighted by Crippen LogP contribution is -2.37. The Morgan fingerprint density at radius 1 is 1.32 bits per heavy atom. The van der Waals surface area contributed by atoms with Gasteiger partial charge in [-0.2, -0.15) is 0 Å². The zero-order valence-electron chi connectivity index (χ0n) is 15.5. The van der Waals surface area contributed by atoms with E-state index < -0.39 is 0 Å². The molecule has 2 aromatic heterocycles. The molecule has 0 radical (unpaired) electrons. The SMILES string of the molecule is CN(Cc1csc(-c2ccccc2)n1)C(=O)c1cnc2c(c1)N(C)C(=O)CN2. The van der Waals surface area contributed by atoms with Gasteiger partial charge in [-0.1, -0.05) is 30.3 Å². The molecule has 0 fully saturated rings. The van der Waals surface area contributed by atoms with Crippen LogP contribution in [0, 0.1) is 0 Å². The number of benzene rings is 1. The normalized spacial score (nSPS) is 13.1. The lowest BCUT2D eigenvalue weighted by Gasteiger charge is -2.26. The number of carbonyl (C=O) groups excluding carboxylic acids is 2. The van der Waals surface area contributed by atoms with Crippen LogP contribution in [0.25, 0.3) is 10.6 Å². The molecule has 0 bridgehead atoms. The molecule has 0 spiro atoms. The highest BCUT2D eigenvalue weighted by Crippen LogP contribution is 2.28. The van der Waals surface area contributed by atoms with Gasteiger partial charge in [0.15, 0.2) is 0 Å². The molecule has 0 saturated heterocycles. The molecule has 3 aromatic rings. The van der Waals surface area contributed by atoms with Gasteiger partial charge >= 0.3 is 0 Å². The van der Waals surface area contributed by atoms with Gasteiger partial charge in [-0.3, -0.25) is 9.59 Å². The van der Waals surface area contributed by atoms with E-state index in [1.165, 1.54) is 11.1 Å². The maximum atomic E-state index is 12.8. The number of aromatic nitrogens is 2. The summed E-state index contributed by atoms with van der Waals surface area (Å²) in [5.74, 6) is 0.368. The Hall–Kier alpha value is -3.26. The van der Waals surface area contributed by atoms with Gasteiger partial charge in [0.25, 0.3) is 5.91 Å². The van der Waals surface area contributed by atoms with E-state index >= 15 is 0 Å². The molecular weight excluding hydrogens is 374 g/mol. The van der Waals surface area contributed by atoms with Crippen LogP contribution in [0.1, 0.15) is 16.1 Å². The number of nitrogens with zero attached hydrogens (tertiary/aromatic N) is 4. The third kappa shape index (κ3) is 3.46. The zero-order valence-corrected chi connectivity index (χ0v) is 16.4. The van der Waals surface area contributed by atoms with Crippen LogP contribution in [0.5, 0.6) is 0 Å². The number of anilines is 2. The highest BCUT2D eigenvalue weighted by atomic mass is 32.1. The van der Waals surface area contributed by atoms with E-state index in [-0.39, 0.29) is 18.4 Å². The standard InChI is InChI=1S/C20H19N5O2S/c1-24(11-15-12-28-19(23-15)13-6-4-3-5-7-13)20(27)14-8-16-18(21-9-14)22-10-17(26)25(16)2/h3-9,12H,10-11H2,1-2H3,(H,21,22). The summed E-state index contributed by atoms with van der Waals surface area (Å²) in [6, 6.07) is 11.7. The van der Waals surface area contributed by atoms with Crippen LogP contribution in [0.2, 0.25) is 0 Å². The number of likely N-dealkylation sites (N-methyl/N-ethyl adjacent to an activating group) is 1. The fourth-order valence-electron chi connectivity index (χ4n) is 3.00. The van der Waals surface area contributed by atoms with Crippen molar-refractivity contribution in [1.82, 2.24) is 14.9 Å². The Kier molecular flexibility index (Phi) is 4.79.